The molecule has 0 saturated carbocycles. The summed E-state index contributed by atoms with van der Waals surface area (Å²) in [6.45, 7) is 5.07. The third kappa shape index (κ3) is 4.96. The molecule has 2 fully saturated rings. The van der Waals surface area contributed by atoms with E-state index in [1.807, 2.05) is 12.1 Å². The summed E-state index contributed by atoms with van der Waals surface area (Å²) >= 11 is 18.7. The minimum absolute atomic E-state index is 0.0388. The molecule has 2 saturated heterocycles. The fraction of sp³-hybridized carbons (Fsp3) is 0.412. The van der Waals surface area contributed by atoms with Crippen molar-refractivity contribution in [2.24, 2.45) is 0 Å². The fourth-order valence-corrected chi connectivity index (χ4v) is 4.34. The molecule has 2 aliphatic rings. The number of amides is 1. The number of rotatable bonds is 5. The molecule has 25 heavy (non-hydrogen) atoms. The van der Waals surface area contributed by atoms with E-state index in [0.29, 0.717) is 25.8 Å². The normalized spacial score (nSPS) is 20.7. The minimum Gasteiger partial charge on any atom is -0.379 e. The first-order valence-electron chi connectivity index (χ1n) is 8.05. The summed E-state index contributed by atoms with van der Waals surface area (Å²) in [6, 6.07) is 5.30. The van der Waals surface area contributed by atoms with E-state index in [1.54, 1.807) is 17.0 Å². The van der Waals surface area contributed by atoms with E-state index in [1.165, 1.54) is 11.8 Å². The molecule has 0 aromatic heterocycles. The summed E-state index contributed by atoms with van der Waals surface area (Å²) in [5.74, 6) is -0.0388. The maximum Gasteiger partial charge on any atom is 0.266 e. The van der Waals surface area contributed by atoms with Crippen LogP contribution in [0.3, 0.4) is 0 Å². The second-order valence-corrected chi connectivity index (χ2v) is 8.30. The van der Waals surface area contributed by atoms with Gasteiger partial charge in [0.15, 0.2) is 0 Å². The van der Waals surface area contributed by atoms with E-state index in [4.69, 9.17) is 40.2 Å². The van der Waals surface area contributed by atoms with Crippen LogP contribution in [0.2, 0.25) is 10.0 Å². The Morgan fingerprint density at radius 2 is 1.96 bits per heavy atom. The highest BCUT2D eigenvalue weighted by Gasteiger charge is 2.31. The molecule has 4 nitrogen and oxygen atoms in total. The lowest BCUT2D eigenvalue weighted by molar-refractivity contribution is -0.122. The summed E-state index contributed by atoms with van der Waals surface area (Å²) in [4.78, 5) is 17.3. The summed E-state index contributed by atoms with van der Waals surface area (Å²) in [7, 11) is 0. The van der Waals surface area contributed by atoms with Crippen molar-refractivity contribution in [3.05, 3.63) is 38.7 Å². The van der Waals surface area contributed by atoms with Crippen LogP contribution in [0.1, 0.15) is 12.0 Å². The van der Waals surface area contributed by atoms with E-state index in [2.05, 4.69) is 4.90 Å². The van der Waals surface area contributed by atoms with Gasteiger partial charge in [-0.3, -0.25) is 14.6 Å². The van der Waals surface area contributed by atoms with Crippen molar-refractivity contribution in [1.29, 1.82) is 0 Å². The van der Waals surface area contributed by atoms with E-state index < -0.39 is 0 Å². The number of morpholine rings is 1. The van der Waals surface area contributed by atoms with Gasteiger partial charge in [0.2, 0.25) is 0 Å². The number of carbonyl (C=O) groups is 1. The average Bonchev–Trinajstić information content (AvgIpc) is 2.86. The molecule has 0 aliphatic carbocycles. The molecule has 3 rings (SSSR count). The molecule has 0 radical (unpaired) electrons. The van der Waals surface area contributed by atoms with Crippen LogP contribution in [0.5, 0.6) is 0 Å². The first-order valence-corrected chi connectivity index (χ1v) is 10.0. The zero-order chi connectivity index (χ0) is 17.8. The van der Waals surface area contributed by atoms with Crippen LogP contribution in [-0.2, 0) is 9.53 Å². The van der Waals surface area contributed by atoms with Crippen LogP contribution in [0.25, 0.3) is 6.08 Å². The van der Waals surface area contributed by atoms with Crippen LogP contribution in [0.15, 0.2) is 23.1 Å². The molecular weight excluding hydrogens is 399 g/mol. The first-order chi connectivity index (χ1) is 12.0. The van der Waals surface area contributed by atoms with Crippen molar-refractivity contribution in [2.75, 3.05) is 39.4 Å². The molecule has 1 aromatic rings. The topological polar surface area (TPSA) is 32.8 Å². The average molecular weight is 417 g/mol. The number of benzene rings is 1. The Bertz CT molecular complexity index is 706. The van der Waals surface area contributed by atoms with Crippen LogP contribution >= 0.6 is 47.2 Å². The van der Waals surface area contributed by atoms with Gasteiger partial charge in [-0.2, -0.15) is 0 Å². The molecule has 8 heteroatoms. The van der Waals surface area contributed by atoms with Crippen molar-refractivity contribution in [2.45, 2.75) is 6.42 Å². The maximum absolute atomic E-state index is 12.6. The van der Waals surface area contributed by atoms with E-state index in [0.717, 1.165) is 44.8 Å². The number of halogens is 2. The fourth-order valence-electron chi connectivity index (χ4n) is 2.72. The third-order valence-corrected chi connectivity index (χ3v) is 6.19. The predicted molar refractivity (Wildman–Crippen MR) is 108 cm³/mol. The number of thiocarbonyl (C=S) groups is 1. The van der Waals surface area contributed by atoms with Crippen LogP contribution < -0.4 is 0 Å². The van der Waals surface area contributed by atoms with Gasteiger partial charge in [0.1, 0.15) is 4.32 Å². The highest BCUT2D eigenvalue weighted by atomic mass is 35.5. The van der Waals surface area contributed by atoms with E-state index >= 15 is 0 Å². The second kappa shape index (κ2) is 8.84. The first kappa shape index (κ1) is 19.1. The maximum atomic E-state index is 12.6. The molecule has 0 N–H and O–H groups in total. The number of thioether (sulfide) groups is 1. The lowest BCUT2D eigenvalue weighted by atomic mass is 10.2. The third-order valence-electron chi connectivity index (χ3n) is 4.07. The van der Waals surface area contributed by atoms with Gasteiger partial charge in [0.05, 0.1) is 28.2 Å². The smallest absolute Gasteiger partial charge is 0.266 e. The molecular formula is C17H18Cl2N2O2S2. The highest BCUT2D eigenvalue weighted by molar-refractivity contribution is 8.26. The molecule has 2 heterocycles. The lowest BCUT2D eigenvalue weighted by Gasteiger charge is -2.27. The Kier molecular flexibility index (Phi) is 6.77. The molecule has 134 valence electrons. The summed E-state index contributed by atoms with van der Waals surface area (Å²) in [5.41, 5.74) is 0.836. The summed E-state index contributed by atoms with van der Waals surface area (Å²) in [5, 5.41) is 0.964. The Morgan fingerprint density at radius 1 is 1.20 bits per heavy atom. The van der Waals surface area contributed by atoms with E-state index in [9.17, 15) is 4.79 Å². The van der Waals surface area contributed by atoms with Crippen LogP contribution in [0.4, 0.5) is 0 Å². The van der Waals surface area contributed by atoms with Gasteiger partial charge >= 0.3 is 0 Å². The number of ether oxygens (including phenoxy) is 1. The van der Waals surface area contributed by atoms with Gasteiger partial charge in [-0.25, -0.2) is 0 Å². The molecule has 1 aromatic carbocycles. The number of hydrogen-bond donors (Lipinski definition) is 0. The lowest BCUT2D eigenvalue weighted by Crippen LogP contribution is -2.38. The Labute approximate surface area is 167 Å². The van der Waals surface area contributed by atoms with Gasteiger partial charge in [-0.1, -0.05) is 53.2 Å². The number of hydrogen-bond acceptors (Lipinski definition) is 5. The molecule has 2 aliphatic heterocycles. The van der Waals surface area contributed by atoms with Crippen molar-refractivity contribution < 1.29 is 9.53 Å². The summed E-state index contributed by atoms with van der Waals surface area (Å²) < 4.78 is 5.95. The summed E-state index contributed by atoms with van der Waals surface area (Å²) in [6.07, 6.45) is 2.70. The highest BCUT2D eigenvalue weighted by Crippen LogP contribution is 2.33. The van der Waals surface area contributed by atoms with Crippen molar-refractivity contribution >= 4 is 63.5 Å². The molecule has 0 atom stereocenters. The second-order valence-electron chi connectivity index (χ2n) is 5.81. The van der Waals surface area contributed by atoms with Gasteiger partial charge in [0, 0.05) is 26.2 Å². The van der Waals surface area contributed by atoms with E-state index in [-0.39, 0.29) is 5.91 Å². The predicted octanol–water partition coefficient (Wildman–Crippen LogP) is 3.92. The van der Waals surface area contributed by atoms with Gasteiger partial charge < -0.3 is 4.74 Å². The zero-order valence-corrected chi connectivity index (χ0v) is 16.7. The zero-order valence-electron chi connectivity index (χ0n) is 13.5. The van der Waals surface area contributed by atoms with Gasteiger partial charge in [-0.15, -0.1) is 0 Å². The molecule has 1 amide bonds. The quantitative estimate of drug-likeness (QED) is 0.536. The van der Waals surface area contributed by atoms with Crippen LogP contribution in [-0.4, -0.2) is 59.4 Å². The minimum atomic E-state index is -0.0388. The SMILES string of the molecule is O=C1/C(=C/c2ccc(Cl)c(Cl)c2)SC(=S)N1CCCN1CCOCC1. The molecule has 0 unspecified atom stereocenters. The molecule has 0 bridgehead atoms. The largest absolute Gasteiger partial charge is 0.379 e. The standard InChI is InChI=1S/C17H18Cl2N2O2S2/c18-13-3-2-12(10-14(13)19)11-15-16(22)21(17(24)25-15)5-1-4-20-6-8-23-9-7-20/h2-3,10-11H,1,4-9H2/b15-11-. The van der Waals surface area contributed by atoms with Crippen LogP contribution in [0, 0.1) is 0 Å². The van der Waals surface area contributed by atoms with Crippen molar-refractivity contribution in [1.82, 2.24) is 9.80 Å². The molecule has 0 spiro atoms. The van der Waals surface area contributed by atoms with Crippen molar-refractivity contribution in [3.8, 4) is 0 Å². The monoisotopic (exact) mass is 416 g/mol. The number of nitrogens with zero attached hydrogens (tertiary/aromatic N) is 2. The van der Waals surface area contributed by atoms with Gasteiger partial charge in [-0.05, 0) is 30.2 Å². The Balaban J connectivity index is 1.59. The Hall–Kier alpha value is -0.630. The number of carbonyl (C=O) groups excluding carboxylic acids is 1. The Morgan fingerprint density at radius 3 is 2.68 bits per heavy atom. The van der Waals surface area contributed by atoms with Gasteiger partial charge in [0.25, 0.3) is 5.91 Å². The van der Waals surface area contributed by atoms with Crippen molar-refractivity contribution in [3.63, 3.8) is 0 Å².